The van der Waals surface area contributed by atoms with E-state index in [1.54, 1.807) is 12.1 Å². The fraction of sp³-hybridized carbons (Fsp3) is 0.551. The third-order valence-corrected chi connectivity index (χ3v) is 28.0. The maximum Gasteiger partial charge on any atom is 0.202 e. The summed E-state index contributed by atoms with van der Waals surface area (Å²) in [4.78, 5) is 34.6. The smallest absolute Gasteiger partial charge is 0.202 e. The second kappa shape index (κ2) is 26.9. The van der Waals surface area contributed by atoms with E-state index in [4.69, 9.17) is 21.2 Å². The van der Waals surface area contributed by atoms with Gasteiger partial charge in [0.1, 0.15) is 5.78 Å². The number of Topliss-reactive ketones (excluding diaryl/α,β-unsaturated/α-hetero) is 1. The number of rotatable bonds is 9. The lowest BCUT2D eigenvalue weighted by atomic mass is 9.46. The number of ketones is 2. The minimum absolute atomic E-state index is 0.0150. The van der Waals surface area contributed by atoms with Crippen molar-refractivity contribution in [1.82, 2.24) is 26.6 Å². The molecule has 8 aliphatic heterocycles. The summed E-state index contributed by atoms with van der Waals surface area (Å²) in [6.07, 6.45) is 28.7. The number of carbonyl (C=O) groups is 2. The number of aromatic hydroxyl groups is 1. The molecule has 17 rings (SSSR count). The molecule has 6 aliphatic carbocycles. The molecule has 3 aromatic rings. The van der Waals surface area contributed by atoms with Gasteiger partial charge in [0.2, 0.25) is 5.96 Å². The Morgan fingerprint density at radius 1 is 0.936 bits per heavy atom. The van der Waals surface area contributed by atoms with Gasteiger partial charge in [0.05, 0.1) is 38.4 Å². The van der Waals surface area contributed by atoms with Crippen molar-refractivity contribution in [3.8, 4) is 23.5 Å². The second-order valence-electron chi connectivity index (χ2n) is 30.3. The molecule has 1 unspecified atom stereocenters. The van der Waals surface area contributed by atoms with Gasteiger partial charge in [-0.25, -0.2) is 0 Å². The molecule has 7 bridgehead atoms. The molecule has 8 heterocycles. The van der Waals surface area contributed by atoms with Crippen LogP contribution in [0.2, 0.25) is 0 Å². The van der Waals surface area contributed by atoms with Gasteiger partial charge >= 0.3 is 0 Å². The molecule has 14 aliphatic rings. The number of methoxy groups -OCH3 is 1. The topological polar surface area (TPSA) is 229 Å². The molecule has 14 nitrogen and oxygen atoms in total. The van der Waals surface area contributed by atoms with Gasteiger partial charge in [-0.3, -0.25) is 9.59 Å². The molecule has 496 valence electrons. The molecule has 6 fully saturated rings. The Morgan fingerprint density at radius 3 is 2.67 bits per heavy atom. The van der Waals surface area contributed by atoms with E-state index in [0.29, 0.717) is 89.2 Å². The Bertz CT molecular complexity index is 3700. The SMILES string of the molecule is COc1cc2c(cc1O)CC1=CNC(N)C=C1[C@@H](Cc1cccc(CCc3ccccc3)c1)[C@H]1C#CN=C(N)N[C@H]3CC4=C5C=CC[C@H](O)[C@@H]5N[C@@H]5C[C@@]6(C[C@H]7[C@@H]8CCNC[C@@H]8C[C@@H]8C=CCN[C@@H]78)C[C@H](CC[C@H]6[C@]56CC[C@H](C3)[C@]46CSSC1)CC(=O)CC(=O)/C=C/2CO. The molecule has 5 saturated carbocycles. The lowest BCUT2D eigenvalue weighted by Crippen LogP contribution is -2.60. The maximum atomic E-state index is 15.0. The van der Waals surface area contributed by atoms with Crippen LogP contribution in [0.3, 0.4) is 0 Å². The van der Waals surface area contributed by atoms with E-state index >= 15 is 0 Å². The number of phenolic OH excluding ortho intramolecular Hbond substituents is 1. The zero-order valence-electron chi connectivity index (χ0n) is 54.5. The van der Waals surface area contributed by atoms with Gasteiger partial charge < -0.3 is 58.1 Å². The van der Waals surface area contributed by atoms with Crippen LogP contribution in [-0.4, -0.2) is 114 Å². The number of hydrogen-bond acceptors (Lipinski definition) is 16. The molecule has 1 saturated heterocycles. The molecule has 0 radical (unpaired) electrons. The maximum absolute atomic E-state index is 15.0. The van der Waals surface area contributed by atoms with Gasteiger partial charge in [-0.1, -0.05) is 112 Å². The minimum atomic E-state index is -0.577. The van der Waals surface area contributed by atoms with Gasteiger partial charge in [0, 0.05) is 72.1 Å². The standard InChI is InChI=1S/C78H96N8O6S2/c1-92-69-36-62-52(32-68(69)91)30-54-42-84-72(79)37-64(54)63(28-48-11-5-10-47(26-48)16-15-46-8-3-2-4-9-46)51-20-25-83-75(80)85-57-33-56-19-22-77-70-18-17-49(27-58(88)35-59(89)31-55(62)43-87)38-76(70,39-65-60-21-24-81-41-53(60)29-50-12-7-23-82-73(50)65)40-71(77)86-74-61(13-6-14-67(74)90)66(34-57)78(56,77)45-94-93-44-51/h2-13,26,31-32,36-37,42,49-51,53,56-57,60,63,65,67,70-74,81-82,84,86-87,90-91H,14-19,21-24,27-30,33-35,38-41,43-45,79H2,1H3,(H3,80,83,85)/b55-31+/t49-,50+,51+,53+,56-,57-,60-,63+,65+,67+,70-,71-,72?,73-,74-,76+,77-,78-/m1/s1. The Kier molecular flexibility index (Phi) is 18.3. The number of aliphatic hydroxyl groups is 2. The first-order valence-corrected chi connectivity index (χ1v) is 37.9. The first kappa shape index (κ1) is 64.1. The van der Waals surface area contributed by atoms with E-state index in [1.807, 2.05) is 17.0 Å². The zero-order valence-corrected chi connectivity index (χ0v) is 56.1. The highest BCUT2D eigenvalue weighted by atomic mass is 33.1. The van der Waals surface area contributed by atoms with Crippen LogP contribution in [-0.2, 0) is 35.3 Å². The van der Waals surface area contributed by atoms with Gasteiger partial charge in [0.15, 0.2) is 17.3 Å². The van der Waals surface area contributed by atoms with Gasteiger partial charge in [-0.05, 0) is 242 Å². The Labute approximate surface area is 563 Å². The van der Waals surface area contributed by atoms with Crippen molar-refractivity contribution in [2.75, 3.05) is 44.9 Å². The van der Waals surface area contributed by atoms with Gasteiger partial charge in [0.25, 0.3) is 0 Å². The molecular formula is C78H96N8O6S2. The van der Waals surface area contributed by atoms with Crippen molar-refractivity contribution in [3.63, 3.8) is 0 Å². The van der Waals surface area contributed by atoms with Crippen molar-refractivity contribution in [3.05, 3.63) is 159 Å². The number of allylic oxidation sites excluding steroid dienone is 3. The van der Waals surface area contributed by atoms with Crippen LogP contribution in [0.5, 0.6) is 11.5 Å². The number of aliphatic hydroxyl groups excluding tert-OH is 2. The van der Waals surface area contributed by atoms with Gasteiger partial charge in [-0.2, -0.15) is 4.99 Å². The zero-order chi connectivity index (χ0) is 64.3. The van der Waals surface area contributed by atoms with Crippen molar-refractivity contribution < 1.29 is 29.6 Å². The summed E-state index contributed by atoms with van der Waals surface area (Å²) in [6, 6.07) is 26.6. The quantitative estimate of drug-likeness (QED) is 0.0416. The number of nitrogens with two attached hydrogens (primary N) is 2. The van der Waals surface area contributed by atoms with E-state index in [1.165, 1.54) is 53.9 Å². The number of piperidine rings is 1. The second-order valence-corrected chi connectivity index (χ2v) is 32.8. The van der Waals surface area contributed by atoms with Crippen LogP contribution in [0.25, 0.3) is 5.57 Å². The molecule has 0 amide bonds. The van der Waals surface area contributed by atoms with Crippen LogP contribution < -0.4 is 42.8 Å². The number of ether oxygens (including phenoxy) is 1. The number of aryl methyl sites for hydroxylation is 2. The summed E-state index contributed by atoms with van der Waals surface area (Å²) in [7, 11) is 5.50. The van der Waals surface area contributed by atoms with E-state index < -0.39 is 18.9 Å². The number of guanidine groups is 1. The van der Waals surface area contributed by atoms with Crippen LogP contribution in [0.1, 0.15) is 118 Å². The molecule has 18 atom stereocenters. The number of phenols is 1. The highest BCUT2D eigenvalue weighted by Crippen LogP contribution is 2.80. The lowest BCUT2D eigenvalue weighted by Gasteiger charge is -2.60. The fourth-order valence-corrected chi connectivity index (χ4v) is 25.0. The van der Waals surface area contributed by atoms with E-state index in [2.05, 4.69) is 134 Å². The van der Waals surface area contributed by atoms with Crippen molar-refractivity contribution in [2.24, 2.45) is 86.0 Å². The minimum Gasteiger partial charge on any atom is -0.504 e. The fourth-order valence-electron chi connectivity index (χ4n) is 22.0. The monoisotopic (exact) mass is 1300 g/mol. The Balaban J connectivity index is 0.892. The summed E-state index contributed by atoms with van der Waals surface area (Å²) in [6.45, 7) is 2.51. The molecule has 94 heavy (non-hydrogen) atoms. The molecular weight excluding hydrogens is 1210 g/mol. The average molecular weight is 1310 g/mol. The summed E-state index contributed by atoms with van der Waals surface area (Å²) in [5.41, 5.74) is 23.6. The number of nitrogens with one attached hydrogen (secondary N) is 5. The number of aliphatic imine (C=N–C) groups is 1. The summed E-state index contributed by atoms with van der Waals surface area (Å²) in [5.74, 6) is 7.86. The Morgan fingerprint density at radius 2 is 1.80 bits per heavy atom. The largest absolute Gasteiger partial charge is 0.504 e. The molecule has 2 spiro atoms. The number of dihydropyridines is 1. The number of hydrogen-bond donors (Lipinski definition) is 10. The van der Waals surface area contributed by atoms with Crippen LogP contribution in [0.15, 0.2) is 137 Å². The lowest BCUT2D eigenvalue weighted by molar-refractivity contribution is -0.126. The van der Waals surface area contributed by atoms with Gasteiger partial charge in [-0.15, -0.1) is 0 Å². The number of benzene rings is 3. The predicted molar refractivity (Wildman–Crippen MR) is 376 cm³/mol. The summed E-state index contributed by atoms with van der Waals surface area (Å²) < 4.78 is 5.73. The molecule has 12 N–H and O–H groups in total. The predicted octanol–water partition coefficient (Wildman–Crippen LogP) is 9.56. The van der Waals surface area contributed by atoms with Crippen LogP contribution in [0.4, 0.5) is 0 Å². The van der Waals surface area contributed by atoms with Crippen molar-refractivity contribution in [1.29, 1.82) is 0 Å². The average Bonchev–Trinajstić information content (AvgIpc) is 1.48. The highest BCUT2D eigenvalue weighted by Gasteiger charge is 2.76. The number of fused-ring (bicyclic) bond motifs is 10. The van der Waals surface area contributed by atoms with Crippen LogP contribution in [0, 0.1) is 81.5 Å². The Hall–Kier alpha value is -5.87. The van der Waals surface area contributed by atoms with E-state index in [0.717, 1.165) is 107 Å². The van der Waals surface area contributed by atoms with Crippen LogP contribution >= 0.6 is 21.6 Å². The van der Waals surface area contributed by atoms with Crippen molar-refractivity contribution in [2.45, 2.75) is 152 Å². The van der Waals surface area contributed by atoms with E-state index in [-0.39, 0.29) is 88.0 Å². The third kappa shape index (κ3) is 11.9. The highest BCUT2D eigenvalue weighted by molar-refractivity contribution is 8.76. The molecule has 3 aromatic carbocycles. The first-order chi connectivity index (χ1) is 45.8. The van der Waals surface area contributed by atoms with Crippen molar-refractivity contribution >= 4 is 44.7 Å². The summed E-state index contributed by atoms with van der Waals surface area (Å²) >= 11 is 0. The summed E-state index contributed by atoms with van der Waals surface area (Å²) in [5, 5.41) is 55.3. The first-order valence-electron chi connectivity index (χ1n) is 35.4. The normalized spacial score (nSPS) is 38.2. The van der Waals surface area contributed by atoms with E-state index in [9.17, 15) is 24.9 Å². The number of carbonyl (C=O) groups excluding carboxylic acids is 2. The third-order valence-electron chi connectivity index (χ3n) is 25.5. The molecule has 0 aromatic heterocycles. The number of nitrogens with zero attached hydrogens (tertiary/aromatic N) is 1. The molecule has 16 heteroatoms.